The van der Waals surface area contributed by atoms with Gasteiger partial charge in [-0.3, -0.25) is 4.99 Å². The monoisotopic (exact) mass is 299 g/mol. The van der Waals surface area contributed by atoms with Crippen molar-refractivity contribution in [2.45, 2.75) is 52.6 Å². The number of hydrogen-bond acceptors (Lipinski definition) is 3. The van der Waals surface area contributed by atoms with Crippen LogP contribution in [0.1, 0.15) is 46.5 Å². The van der Waals surface area contributed by atoms with Crippen LogP contribution in [0.15, 0.2) is 4.99 Å². The highest BCUT2D eigenvalue weighted by molar-refractivity contribution is 5.79. The normalized spacial score (nSPS) is 19.2. The van der Waals surface area contributed by atoms with E-state index in [1.165, 1.54) is 6.42 Å². The molecule has 21 heavy (non-hydrogen) atoms. The van der Waals surface area contributed by atoms with Crippen LogP contribution in [-0.4, -0.2) is 51.5 Å². The molecule has 124 valence electrons. The largest absolute Gasteiger partial charge is 0.379 e. The Morgan fingerprint density at radius 2 is 2.24 bits per heavy atom. The van der Waals surface area contributed by atoms with Crippen molar-refractivity contribution in [3.63, 3.8) is 0 Å². The topological polar surface area (TPSA) is 54.9 Å². The van der Waals surface area contributed by atoms with Crippen molar-refractivity contribution in [3.8, 4) is 0 Å². The maximum Gasteiger partial charge on any atom is 0.191 e. The van der Waals surface area contributed by atoms with E-state index < -0.39 is 0 Å². The number of aliphatic imine (C=N–C) groups is 1. The van der Waals surface area contributed by atoms with Crippen molar-refractivity contribution in [3.05, 3.63) is 0 Å². The fourth-order valence-corrected chi connectivity index (χ4v) is 2.17. The van der Waals surface area contributed by atoms with E-state index in [-0.39, 0.29) is 0 Å². The van der Waals surface area contributed by atoms with E-state index in [1.807, 2.05) is 0 Å². The summed E-state index contributed by atoms with van der Waals surface area (Å²) < 4.78 is 11.2. The van der Waals surface area contributed by atoms with Crippen LogP contribution in [0.2, 0.25) is 0 Å². The second-order valence-corrected chi connectivity index (χ2v) is 5.93. The molecule has 1 aliphatic heterocycles. The molecule has 1 aliphatic rings. The lowest BCUT2D eigenvalue weighted by molar-refractivity contribution is 0.0171. The molecule has 0 aromatic rings. The van der Waals surface area contributed by atoms with Crippen molar-refractivity contribution < 1.29 is 9.47 Å². The van der Waals surface area contributed by atoms with Gasteiger partial charge in [-0.25, -0.2) is 0 Å². The van der Waals surface area contributed by atoms with Crippen LogP contribution >= 0.6 is 0 Å². The van der Waals surface area contributed by atoms with Crippen LogP contribution < -0.4 is 10.6 Å². The summed E-state index contributed by atoms with van der Waals surface area (Å²) >= 11 is 0. The highest BCUT2D eigenvalue weighted by Crippen LogP contribution is 2.11. The number of nitrogens with one attached hydrogen (secondary N) is 2. The Balaban J connectivity index is 2.05. The van der Waals surface area contributed by atoms with Gasteiger partial charge in [0.1, 0.15) is 0 Å². The smallest absolute Gasteiger partial charge is 0.191 e. The predicted octanol–water partition coefficient (Wildman–Crippen LogP) is 2.17. The van der Waals surface area contributed by atoms with Crippen LogP contribution in [0.4, 0.5) is 0 Å². The molecular weight excluding hydrogens is 266 g/mol. The van der Waals surface area contributed by atoms with Gasteiger partial charge in [0.2, 0.25) is 0 Å². The number of hydrogen-bond donors (Lipinski definition) is 2. The van der Waals surface area contributed by atoms with Gasteiger partial charge in [-0.2, -0.15) is 0 Å². The standard InChI is InChI=1S/C16H33N3O2/c1-4-17-16(19-10-8-14(2)3)18-9-6-11-20-13-15-7-5-12-21-15/h14-15H,4-13H2,1-3H3,(H2,17,18,19). The Labute approximate surface area is 129 Å². The minimum atomic E-state index is 0.323. The molecule has 0 saturated carbocycles. The van der Waals surface area contributed by atoms with Gasteiger partial charge in [-0.15, -0.1) is 0 Å². The van der Waals surface area contributed by atoms with E-state index in [0.717, 1.165) is 64.7 Å². The predicted molar refractivity (Wildman–Crippen MR) is 87.8 cm³/mol. The van der Waals surface area contributed by atoms with Crippen molar-refractivity contribution in [1.29, 1.82) is 0 Å². The van der Waals surface area contributed by atoms with E-state index in [4.69, 9.17) is 9.47 Å². The Morgan fingerprint density at radius 3 is 2.90 bits per heavy atom. The summed E-state index contributed by atoms with van der Waals surface area (Å²) in [5.41, 5.74) is 0. The van der Waals surface area contributed by atoms with Gasteiger partial charge in [0.25, 0.3) is 0 Å². The maximum absolute atomic E-state index is 5.64. The first-order valence-electron chi connectivity index (χ1n) is 8.44. The van der Waals surface area contributed by atoms with Gasteiger partial charge in [0, 0.05) is 32.8 Å². The van der Waals surface area contributed by atoms with Crippen LogP contribution in [0.25, 0.3) is 0 Å². The van der Waals surface area contributed by atoms with Gasteiger partial charge >= 0.3 is 0 Å². The molecule has 0 radical (unpaired) electrons. The fourth-order valence-electron chi connectivity index (χ4n) is 2.17. The molecule has 2 N–H and O–H groups in total. The summed E-state index contributed by atoms with van der Waals surface area (Å²) in [5, 5.41) is 6.64. The minimum Gasteiger partial charge on any atom is -0.379 e. The van der Waals surface area contributed by atoms with Crippen LogP contribution in [0.5, 0.6) is 0 Å². The molecule has 1 heterocycles. The lowest BCUT2D eigenvalue weighted by Crippen LogP contribution is -2.38. The summed E-state index contributed by atoms with van der Waals surface area (Å²) in [4.78, 5) is 4.56. The zero-order valence-electron chi connectivity index (χ0n) is 14.0. The van der Waals surface area contributed by atoms with Crippen LogP contribution in [0, 0.1) is 5.92 Å². The third-order valence-electron chi connectivity index (χ3n) is 3.40. The Kier molecular flexibility index (Phi) is 10.3. The molecule has 0 amide bonds. The summed E-state index contributed by atoms with van der Waals surface area (Å²) in [7, 11) is 0. The first-order chi connectivity index (χ1) is 10.2. The molecule has 0 bridgehead atoms. The molecule has 0 aromatic heterocycles. The van der Waals surface area contributed by atoms with Crippen LogP contribution in [-0.2, 0) is 9.47 Å². The van der Waals surface area contributed by atoms with Crippen molar-refractivity contribution in [1.82, 2.24) is 10.6 Å². The van der Waals surface area contributed by atoms with Gasteiger partial charge in [0.15, 0.2) is 5.96 Å². The molecule has 1 atom stereocenters. The van der Waals surface area contributed by atoms with Crippen molar-refractivity contribution in [2.24, 2.45) is 10.9 Å². The molecule has 1 saturated heterocycles. The maximum atomic E-state index is 5.64. The molecule has 1 fully saturated rings. The van der Waals surface area contributed by atoms with E-state index >= 15 is 0 Å². The lowest BCUT2D eigenvalue weighted by Gasteiger charge is -2.12. The molecule has 5 nitrogen and oxygen atoms in total. The lowest BCUT2D eigenvalue weighted by atomic mass is 10.1. The molecule has 0 aliphatic carbocycles. The van der Waals surface area contributed by atoms with E-state index in [1.54, 1.807) is 0 Å². The average molecular weight is 299 g/mol. The van der Waals surface area contributed by atoms with E-state index in [0.29, 0.717) is 12.0 Å². The number of nitrogens with zero attached hydrogens (tertiary/aromatic N) is 1. The zero-order chi connectivity index (χ0) is 15.3. The fraction of sp³-hybridized carbons (Fsp3) is 0.938. The van der Waals surface area contributed by atoms with Crippen LogP contribution in [0.3, 0.4) is 0 Å². The Morgan fingerprint density at radius 1 is 1.38 bits per heavy atom. The van der Waals surface area contributed by atoms with Crippen molar-refractivity contribution in [2.75, 3.05) is 39.5 Å². The van der Waals surface area contributed by atoms with Gasteiger partial charge in [-0.05, 0) is 38.5 Å². The molecule has 1 rings (SSSR count). The first-order valence-corrected chi connectivity index (χ1v) is 8.44. The molecule has 1 unspecified atom stereocenters. The average Bonchev–Trinajstić information content (AvgIpc) is 2.95. The summed E-state index contributed by atoms with van der Waals surface area (Å²) in [6, 6.07) is 0. The quantitative estimate of drug-likeness (QED) is 0.369. The van der Waals surface area contributed by atoms with Gasteiger partial charge in [0.05, 0.1) is 12.7 Å². The Hall–Kier alpha value is -0.810. The van der Waals surface area contributed by atoms with E-state index in [9.17, 15) is 0 Å². The number of rotatable bonds is 10. The molecule has 0 aromatic carbocycles. The summed E-state index contributed by atoms with van der Waals surface area (Å²) in [5.74, 6) is 1.63. The molecule has 0 spiro atoms. The second kappa shape index (κ2) is 11.8. The van der Waals surface area contributed by atoms with Gasteiger partial charge in [-0.1, -0.05) is 13.8 Å². The summed E-state index contributed by atoms with van der Waals surface area (Å²) in [6.07, 6.45) is 4.75. The molecule has 5 heteroatoms. The summed E-state index contributed by atoms with van der Waals surface area (Å²) in [6.45, 7) is 11.6. The second-order valence-electron chi connectivity index (χ2n) is 5.93. The zero-order valence-corrected chi connectivity index (χ0v) is 14.0. The van der Waals surface area contributed by atoms with Crippen molar-refractivity contribution >= 4 is 5.96 Å². The highest BCUT2D eigenvalue weighted by atomic mass is 16.5. The SMILES string of the molecule is CCNC(=NCCCOCC1CCCO1)NCCC(C)C. The minimum absolute atomic E-state index is 0.323. The van der Waals surface area contributed by atoms with Gasteiger partial charge < -0.3 is 20.1 Å². The third-order valence-corrected chi connectivity index (χ3v) is 3.40. The Bertz CT molecular complexity index is 277. The highest BCUT2D eigenvalue weighted by Gasteiger charge is 2.14. The number of guanidine groups is 1. The number of ether oxygens (including phenoxy) is 2. The third kappa shape index (κ3) is 9.69. The first kappa shape index (κ1) is 18.2. The molecular formula is C16H33N3O2. The van der Waals surface area contributed by atoms with E-state index in [2.05, 4.69) is 36.4 Å².